The molecule has 3 aromatic rings. The van der Waals surface area contributed by atoms with Crippen LogP contribution in [0.15, 0.2) is 60.7 Å². The second-order valence-electron chi connectivity index (χ2n) is 10.7. The van der Waals surface area contributed by atoms with Gasteiger partial charge in [0.15, 0.2) is 23.7 Å². The molecule has 3 N–H and O–H groups in total. The fourth-order valence-electron chi connectivity index (χ4n) is 4.99. The molecule has 236 valence electrons. The number of ether oxygens (including phenoxy) is 4. The Bertz CT molecular complexity index is 1410. The zero-order valence-corrected chi connectivity index (χ0v) is 24.9. The Hall–Kier alpha value is -4.35. The summed E-state index contributed by atoms with van der Waals surface area (Å²) in [7, 11) is 1.59. The lowest BCUT2D eigenvalue weighted by molar-refractivity contribution is -0.175. The number of unbranched alkanes of at least 4 members (excludes halogenated alkanes) is 3. The van der Waals surface area contributed by atoms with Gasteiger partial charge in [0.1, 0.15) is 6.61 Å². The Morgan fingerprint density at radius 1 is 0.864 bits per heavy atom. The molecule has 0 fully saturated rings. The number of aliphatic carboxylic acids is 2. The SMILES string of the molecule is CN(CCCCCc1ccc2ccccc2c1)C(=O)C(OCCCCNc1ccc2c(c1)OCO2)C(OCC(=O)O)C(=O)O. The molecule has 0 saturated heterocycles. The number of benzene rings is 3. The minimum atomic E-state index is -1.75. The van der Waals surface area contributed by atoms with E-state index in [0.717, 1.165) is 31.4 Å². The standard InChI is InChI=1S/C33H40N2O9/c1-35(17-7-2-3-9-23-12-13-24-10-4-5-11-25(24)19-23)32(38)30(31(33(39)40)42-21-29(36)37)41-18-8-6-16-34-26-14-15-27-28(20-26)44-22-43-27/h4-5,10-15,19-20,30-31,34H,2-3,6-9,16-18,21-22H2,1H3,(H,36,37)(H,39,40). The molecule has 3 aromatic carbocycles. The summed E-state index contributed by atoms with van der Waals surface area (Å²) in [5.41, 5.74) is 2.13. The number of carboxylic acid groups (broad SMARTS) is 2. The molecule has 44 heavy (non-hydrogen) atoms. The summed E-state index contributed by atoms with van der Waals surface area (Å²) in [4.78, 5) is 37.8. The number of carboxylic acids is 2. The van der Waals surface area contributed by atoms with Gasteiger partial charge in [0, 0.05) is 38.5 Å². The van der Waals surface area contributed by atoms with Crippen molar-refractivity contribution < 1.29 is 43.5 Å². The second kappa shape index (κ2) is 16.5. The molecule has 1 aliphatic rings. The van der Waals surface area contributed by atoms with Gasteiger partial charge in [-0.3, -0.25) is 4.79 Å². The van der Waals surface area contributed by atoms with Crippen LogP contribution in [-0.2, 0) is 30.3 Å². The number of nitrogens with one attached hydrogen (secondary N) is 1. The van der Waals surface area contributed by atoms with Gasteiger partial charge in [-0.2, -0.15) is 0 Å². The lowest BCUT2D eigenvalue weighted by Crippen LogP contribution is -2.50. The van der Waals surface area contributed by atoms with Gasteiger partial charge in [0.2, 0.25) is 6.79 Å². The minimum Gasteiger partial charge on any atom is -0.480 e. The van der Waals surface area contributed by atoms with Crippen molar-refractivity contribution in [3.05, 3.63) is 66.2 Å². The van der Waals surface area contributed by atoms with E-state index in [1.807, 2.05) is 30.3 Å². The van der Waals surface area contributed by atoms with E-state index in [0.29, 0.717) is 37.4 Å². The highest BCUT2D eigenvalue weighted by atomic mass is 16.7. The van der Waals surface area contributed by atoms with E-state index in [1.165, 1.54) is 21.2 Å². The van der Waals surface area contributed by atoms with Gasteiger partial charge >= 0.3 is 11.9 Å². The molecule has 11 nitrogen and oxygen atoms in total. The van der Waals surface area contributed by atoms with Crippen molar-refractivity contribution in [2.24, 2.45) is 0 Å². The summed E-state index contributed by atoms with van der Waals surface area (Å²) in [6, 6.07) is 20.3. The predicted octanol–water partition coefficient (Wildman–Crippen LogP) is 4.57. The molecule has 0 spiro atoms. The number of hydrogen-bond acceptors (Lipinski definition) is 8. The molecule has 2 atom stereocenters. The Morgan fingerprint density at radius 3 is 2.45 bits per heavy atom. The molecular weight excluding hydrogens is 568 g/mol. The van der Waals surface area contributed by atoms with Crippen molar-refractivity contribution in [3.63, 3.8) is 0 Å². The van der Waals surface area contributed by atoms with Crippen LogP contribution in [0.2, 0.25) is 0 Å². The highest BCUT2D eigenvalue weighted by molar-refractivity contribution is 5.88. The smallest absolute Gasteiger partial charge is 0.336 e. The molecule has 0 saturated carbocycles. The maximum absolute atomic E-state index is 13.3. The normalized spacial score (nSPS) is 13.4. The highest BCUT2D eigenvalue weighted by Gasteiger charge is 2.37. The zero-order valence-electron chi connectivity index (χ0n) is 24.9. The Kier molecular flexibility index (Phi) is 12.2. The van der Waals surface area contributed by atoms with Crippen molar-refractivity contribution in [1.82, 2.24) is 4.90 Å². The number of likely N-dealkylation sites (N-methyl/N-ethyl adjacent to an activating group) is 1. The van der Waals surface area contributed by atoms with Gasteiger partial charge in [-0.05, 0) is 60.6 Å². The molecular formula is C33H40N2O9. The Balaban J connectivity index is 1.23. The lowest BCUT2D eigenvalue weighted by Gasteiger charge is -2.27. The first-order chi connectivity index (χ1) is 21.3. The van der Waals surface area contributed by atoms with Crippen LogP contribution in [0.25, 0.3) is 10.8 Å². The van der Waals surface area contributed by atoms with Crippen LogP contribution in [0, 0.1) is 0 Å². The molecule has 4 rings (SSSR count). The summed E-state index contributed by atoms with van der Waals surface area (Å²) in [6.07, 6.45) is 1.45. The lowest BCUT2D eigenvalue weighted by atomic mass is 10.0. The van der Waals surface area contributed by atoms with Gasteiger partial charge in [-0.1, -0.05) is 48.9 Å². The topological polar surface area (TPSA) is 144 Å². The van der Waals surface area contributed by atoms with Gasteiger partial charge in [-0.25, -0.2) is 9.59 Å². The fourth-order valence-corrected chi connectivity index (χ4v) is 4.99. The van der Waals surface area contributed by atoms with E-state index in [9.17, 15) is 19.5 Å². The van der Waals surface area contributed by atoms with E-state index in [4.69, 9.17) is 24.1 Å². The van der Waals surface area contributed by atoms with Crippen molar-refractivity contribution in [3.8, 4) is 11.5 Å². The van der Waals surface area contributed by atoms with Gasteiger partial charge < -0.3 is 39.4 Å². The predicted molar refractivity (Wildman–Crippen MR) is 164 cm³/mol. The summed E-state index contributed by atoms with van der Waals surface area (Å²) < 4.78 is 21.5. The Labute approximate surface area is 256 Å². The average Bonchev–Trinajstić information content (AvgIpc) is 3.49. The first-order valence-electron chi connectivity index (χ1n) is 14.9. The van der Waals surface area contributed by atoms with Crippen molar-refractivity contribution in [1.29, 1.82) is 0 Å². The van der Waals surface area contributed by atoms with E-state index in [2.05, 4.69) is 35.6 Å². The van der Waals surface area contributed by atoms with Crippen molar-refractivity contribution in [2.75, 3.05) is 45.5 Å². The average molecular weight is 609 g/mol. The van der Waals surface area contributed by atoms with Gasteiger partial charge in [0.05, 0.1) is 0 Å². The summed E-state index contributed by atoms with van der Waals surface area (Å²) in [5.74, 6) is -1.98. The number of fused-ring (bicyclic) bond motifs is 2. The summed E-state index contributed by atoms with van der Waals surface area (Å²) in [6.45, 7) is 0.450. The van der Waals surface area contributed by atoms with Crippen LogP contribution < -0.4 is 14.8 Å². The van der Waals surface area contributed by atoms with E-state index >= 15 is 0 Å². The molecule has 0 aliphatic carbocycles. The van der Waals surface area contributed by atoms with Crippen LogP contribution in [-0.4, -0.2) is 85.3 Å². The van der Waals surface area contributed by atoms with Crippen molar-refractivity contribution in [2.45, 2.75) is 50.7 Å². The number of carbonyl (C=O) groups excluding carboxylic acids is 1. The minimum absolute atomic E-state index is 0.0963. The van der Waals surface area contributed by atoms with Crippen LogP contribution in [0.3, 0.4) is 0 Å². The van der Waals surface area contributed by atoms with Crippen LogP contribution in [0.5, 0.6) is 11.5 Å². The first-order valence-corrected chi connectivity index (χ1v) is 14.9. The molecule has 2 unspecified atom stereocenters. The molecule has 11 heteroatoms. The van der Waals surface area contributed by atoms with E-state index < -0.39 is 36.7 Å². The number of carbonyl (C=O) groups is 3. The zero-order chi connectivity index (χ0) is 31.3. The number of anilines is 1. The van der Waals surface area contributed by atoms with E-state index in [-0.39, 0.29) is 13.4 Å². The third-order valence-electron chi connectivity index (χ3n) is 7.37. The quantitative estimate of drug-likeness (QED) is 0.166. The maximum atomic E-state index is 13.3. The largest absolute Gasteiger partial charge is 0.480 e. The molecule has 1 heterocycles. The number of amides is 1. The molecule has 0 radical (unpaired) electrons. The monoisotopic (exact) mass is 608 g/mol. The van der Waals surface area contributed by atoms with Crippen molar-refractivity contribution >= 4 is 34.3 Å². The number of nitrogens with zero attached hydrogens (tertiary/aromatic N) is 1. The summed E-state index contributed by atoms with van der Waals surface area (Å²) >= 11 is 0. The van der Waals surface area contributed by atoms with Crippen LogP contribution in [0.4, 0.5) is 5.69 Å². The number of hydrogen-bond donors (Lipinski definition) is 3. The molecule has 0 bridgehead atoms. The number of aryl methyl sites for hydroxylation is 1. The van der Waals surface area contributed by atoms with Crippen LogP contribution in [0.1, 0.15) is 37.7 Å². The molecule has 1 amide bonds. The second-order valence-corrected chi connectivity index (χ2v) is 10.7. The van der Waals surface area contributed by atoms with Gasteiger partial charge in [0.25, 0.3) is 5.91 Å². The first kappa shape index (κ1) is 32.6. The molecule has 0 aromatic heterocycles. The van der Waals surface area contributed by atoms with Crippen LogP contribution >= 0.6 is 0 Å². The third kappa shape index (κ3) is 9.58. The maximum Gasteiger partial charge on any atom is 0.336 e. The fraction of sp³-hybridized carbons (Fsp3) is 0.424. The number of rotatable bonds is 19. The third-order valence-corrected chi connectivity index (χ3v) is 7.37. The summed E-state index contributed by atoms with van der Waals surface area (Å²) in [5, 5.41) is 24.5. The van der Waals surface area contributed by atoms with E-state index in [1.54, 1.807) is 7.05 Å². The Morgan fingerprint density at radius 2 is 1.66 bits per heavy atom. The molecule has 1 aliphatic heterocycles. The highest BCUT2D eigenvalue weighted by Crippen LogP contribution is 2.34. The van der Waals surface area contributed by atoms with Gasteiger partial charge in [-0.15, -0.1) is 0 Å².